The van der Waals surface area contributed by atoms with Crippen LogP contribution in [0.3, 0.4) is 0 Å². The van der Waals surface area contributed by atoms with Gasteiger partial charge in [-0.25, -0.2) is 0 Å². The van der Waals surface area contributed by atoms with Crippen LogP contribution in [-0.2, 0) is 10.5 Å². The van der Waals surface area contributed by atoms with Gasteiger partial charge in [-0.2, -0.15) is 0 Å². The summed E-state index contributed by atoms with van der Waals surface area (Å²) in [6.45, 7) is 2.06. The van der Waals surface area contributed by atoms with Crippen LogP contribution < -0.4 is 5.32 Å². The lowest BCUT2D eigenvalue weighted by Crippen LogP contribution is -2.13. The zero-order valence-corrected chi connectivity index (χ0v) is 13.6. The quantitative estimate of drug-likeness (QED) is 0.621. The molecule has 0 bridgehead atoms. The van der Waals surface area contributed by atoms with Gasteiger partial charge in [0.15, 0.2) is 4.34 Å². The molecule has 0 aliphatic carbocycles. The van der Waals surface area contributed by atoms with Gasteiger partial charge in [-0.05, 0) is 17.2 Å². The summed E-state index contributed by atoms with van der Waals surface area (Å²) in [5, 5.41) is 13.3. The zero-order valence-electron chi connectivity index (χ0n) is 10.3. The number of rotatable bonds is 7. The first-order valence-corrected chi connectivity index (χ1v) is 9.48. The molecule has 0 aromatic carbocycles. The van der Waals surface area contributed by atoms with Gasteiger partial charge in [0.05, 0.1) is 5.75 Å². The first-order chi connectivity index (χ1) is 9.28. The molecule has 0 unspecified atom stereocenters. The summed E-state index contributed by atoms with van der Waals surface area (Å²) in [5.74, 6) is 2.25. The van der Waals surface area contributed by atoms with Gasteiger partial charge in [0.1, 0.15) is 0 Å². The van der Waals surface area contributed by atoms with E-state index in [-0.39, 0.29) is 5.91 Å². The molecule has 1 N–H and O–H groups in total. The van der Waals surface area contributed by atoms with Crippen molar-refractivity contribution in [3.63, 3.8) is 0 Å². The lowest BCUT2D eigenvalue weighted by Gasteiger charge is -2.00. The highest BCUT2D eigenvalue weighted by Gasteiger charge is 2.08. The Balaban J connectivity index is 1.71. The van der Waals surface area contributed by atoms with E-state index in [0.717, 1.165) is 15.8 Å². The Morgan fingerprint density at radius 2 is 2.37 bits per heavy atom. The number of carbonyl (C=O) groups excluding carboxylic acids is 1. The standard InChI is InChI=1S/C11H13N3OS4/c1-2-17-11-14-13-10(19-11)12-9(15)7-16-6-8-4-3-5-18-8/h3-5H,2,6-7H2,1H3,(H,12,13,15). The van der Waals surface area contributed by atoms with Crippen LogP contribution in [0.2, 0.25) is 0 Å². The predicted octanol–water partition coefficient (Wildman–Crippen LogP) is 3.58. The van der Waals surface area contributed by atoms with Crippen molar-refractivity contribution in [1.29, 1.82) is 0 Å². The predicted molar refractivity (Wildman–Crippen MR) is 85.4 cm³/mol. The van der Waals surface area contributed by atoms with Gasteiger partial charge in [-0.1, -0.05) is 36.1 Å². The number of anilines is 1. The van der Waals surface area contributed by atoms with E-state index in [4.69, 9.17) is 0 Å². The number of hydrogen-bond donors (Lipinski definition) is 1. The van der Waals surface area contributed by atoms with Crippen LogP contribution >= 0.6 is 46.2 Å². The van der Waals surface area contributed by atoms with Crippen molar-refractivity contribution in [2.45, 2.75) is 17.0 Å². The summed E-state index contributed by atoms with van der Waals surface area (Å²) in [4.78, 5) is 13.0. The number of thiophene rings is 1. The van der Waals surface area contributed by atoms with Gasteiger partial charge >= 0.3 is 0 Å². The summed E-state index contributed by atoms with van der Waals surface area (Å²) in [6.07, 6.45) is 0. The lowest BCUT2D eigenvalue weighted by molar-refractivity contribution is -0.113. The molecule has 2 heterocycles. The largest absolute Gasteiger partial charge is 0.300 e. The molecule has 2 rings (SSSR count). The maximum Gasteiger partial charge on any atom is 0.236 e. The van der Waals surface area contributed by atoms with Gasteiger partial charge in [-0.3, -0.25) is 10.1 Å². The molecule has 0 fully saturated rings. The minimum absolute atomic E-state index is 0.0224. The molecule has 19 heavy (non-hydrogen) atoms. The van der Waals surface area contributed by atoms with Crippen molar-refractivity contribution < 1.29 is 4.79 Å². The van der Waals surface area contributed by atoms with Crippen molar-refractivity contribution in [3.8, 4) is 0 Å². The highest BCUT2D eigenvalue weighted by molar-refractivity contribution is 8.01. The Kier molecular flexibility index (Phi) is 6.15. The van der Waals surface area contributed by atoms with E-state index >= 15 is 0 Å². The highest BCUT2D eigenvalue weighted by Crippen LogP contribution is 2.25. The minimum atomic E-state index is -0.0224. The molecule has 0 aliphatic rings. The van der Waals surface area contributed by atoms with Crippen LogP contribution in [0.1, 0.15) is 11.8 Å². The Morgan fingerprint density at radius 1 is 1.47 bits per heavy atom. The third-order valence-electron chi connectivity index (χ3n) is 1.98. The second-order valence-electron chi connectivity index (χ2n) is 3.43. The molecule has 0 atom stereocenters. The second kappa shape index (κ2) is 7.88. The fraction of sp³-hybridized carbons (Fsp3) is 0.364. The number of nitrogens with one attached hydrogen (secondary N) is 1. The molecule has 0 saturated carbocycles. The molecule has 0 spiro atoms. The number of nitrogens with zero attached hydrogens (tertiary/aromatic N) is 2. The van der Waals surface area contributed by atoms with E-state index in [2.05, 4.69) is 28.5 Å². The van der Waals surface area contributed by atoms with Crippen LogP contribution in [-0.4, -0.2) is 27.6 Å². The Labute approximate surface area is 128 Å². The molecular formula is C11H13N3OS4. The first-order valence-electron chi connectivity index (χ1n) is 5.64. The van der Waals surface area contributed by atoms with Gasteiger partial charge < -0.3 is 0 Å². The molecule has 8 heteroatoms. The van der Waals surface area contributed by atoms with E-state index in [1.165, 1.54) is 16.2 Å². The Hall–Kier alpha value is -0.570. The summed E-state index contributed by atoms with van der Waals surface area (Å²) in [6, 6.07) is 4.10. The minimum Gasteiger partial charge on any atom is -0.300 e. The molecule has 0 saturated heterocycles. The molecule has 2 aromatic heterocycles. The van der Waals surface area contributed by atoms with E-state index in [9.17, 15) is 4.79 Å². The van der Waals surface area contributed by atoms with Crippen molar-refractivity contribution in [2.75, 3.05) is 16.8 Å². The van der Waals surface area contributed by atoms with Crippen LogP contribution in [0.15, 0.2) is 21.9 Å². The summed E-state index contributed by atoms with van der Waals surface area (Å²) < 4.78 is 0.893. The van der Waals surface area contributed by atoms with Gasteiger partial charge in [0.2, 0.25) is 11.0 Å². The maximum absolute atomic E-state index is 11.7. The average molecular weight is 332 g/mol. The van der Waals surface area contributed by atoms with Crippen LogP contribution in [0.25, 0.3) is 0 Å². The lowest BCUT2D eigenvalue weighted by atomic mass is 10.5. The average Bonchev–Trinajstić information content (AvgIpc) is 3.02. The fourth-order valence-electron chi connectivity index (χ4n) is 1.24. The van der Waals surface area contributed by atoms with E-state index < -0.39 is 0 Å². The summed E-state index contributed by atoms with van der Waals surface area (Å²) in [7, 11) is 0. The van der Waals surface area contributed by atoms with Crippen LogP contribution in [0.4, 0.5) is 5.13 Å². The molecule has 2 aromatic rings. The molecule has 102 valence electrons. The van der Waals surface area contributed by atoms with Crippen molar-refractivity contribution in [1.82, 2.24) is 10.2 Å². The van der Waals surface area contributed by atoms with Gasteiger partial charge in [-0.15, -0.1) is 33.3 Å². The third kappa shape index (κ3) is 5.13. The van der Waals surface area contributed by atoms with Crippen LogP contribution in [0, 0.1) is 0 Å². The summed E-state index contributed by atoms with van der Waals surface area (Å²) >= 11 is 6.36. The van der Waals surface area contributed by atoms with Crippen LogP contribution in [0.5, 0.6) is 0 Å². The van der Waals surface area contributed by atoms with E-state index in [1.807, 2.05) is 11.4 Å². The molecular weight excluding hydrogens is 318 g/mol. The zero-order chi connectivity index (χ0) is 13.5. The Bertz CT molecular complexity index is 512. The normalized spacial score (nSPS) is 10.6. The molecule has 1 amide bonds. The second-order valence-corrected chi connectivity index (χ2v) is 7.93. The molecule has 0 radical (unpaired) electrons. The van der Waals surface area contributed by atoms with Crippen molar-refractivity contribution >= 4 is 57.2 Å². The first kappa shape index (κ1) is 14.8. The smallest absolute Gasteiger partial charge is 0.236 e. The molecule has 4 nitrogen and oxygen atoms in total. The Morgan fingerprint density at radius 3 is 3.11 bits per heavy atom. The topological polar surface area (TPSA) is 54.9 Å². The van der Waals surface area contributed by atoms with Gasteiger partial charge in [0.25, 0.3) is 0 Å². The molecule has 0 aliphatic heterocycles. The maximum atomic E-state index is 11.7. The van der Waals surface area contributed by atoms with E-state index in [1.54, 1.807) is 34.9 Å². The van der Waals surface area contributed by atoms with Gasteiger partial charge in [0, 0.05) is 10.6 Å². The van der Waals surface area contributed by atoms with Crippen molar-refractivity contribution in [3.05, 3.63) is 22.4 Å². The number of aromatic nitrogens is 2. The summed E-state index contributed by atoms with van der Waals surface area (Å²) in [5.41, 5.74) is 0. The number of carbonyl (C=O) groups is 1. The van der Waals surface area contributed by atoms with Crippen molar-refractivity contribution in [2.24, 2.45) is 0 Å². The number of amides is 1. The monoisotopic (exact) mass is 331 g/mol. The fourth-order valence-corrected chi connectivity index (χ4v) is 4.57. The highest BCUT2D eigenvalue weighted by atomic mass is 32.2. The van der Waals surface area contributed by atoms with E-state index in [0.29, 0.717) is 10.9 Å². The number of hydrogen-bond acceptors (Lipinski definition) is 7. The third-order valence-corrected chi connectivity index (χ3v) is 5.87. The number of thioether (sulfide) groups is 2. The SMILES string of the molecule is CCSc1nnc(NC(=O)CSCc2cccs2)s1.